The van der Waals surface area contributed by atoms with Crippen molar-refractivity contribution in [3.63, 3.8) is 0 Å². The van der Waals surface area contributed by atoms with Crippen LogP contribution in [0, 0.1) is 0 Å². The van der Waals surface area contributed by atoms with Gasteiger partial charge in [0.15, 0.2) is 5.78 Å². The number of alkyl halides is 1. The number of halogens is 1. The van der Waals surface area contributed by atoms with E-state index in [4.69, 9.17) is 11.6 Å². The summed E-state index contributed by atoms with van der Waals surface area (Å²) < 4.78 is 0. The van der Waals surface area contributed by atoms with Gasteiger partial charge in [0, 0.05) is 12.1 Å². The van der Waals surface area contributed by atoms with Crippen molar-refractivity contribution in [3.05, 3.63) is 24.4 Å². The van der Waals surface area contributed by atoms with Crippen molar-refractivity contribution in [1.82, 2.24) is 9.80 Å². The Balaban J connectivity index is 2.16. The first-order valence-corrected chi connectivity index (χ1v) is 5.68. The fourth-order valence-electron chi connectivity index (χ4n) is 2.16. The summed E-state index contributed by atoms with van der Waals surface area (Å²) in [5, 5.41) is 0. The summed E-state index contributed by atoms with van der Waals surface area (Å²) >= 11 is 5.72. The van der Waals surface area contributed by atoms with Gasteiger partial charge in [0.2, 0.25) is 0 Å². The molecule has 0 aliphatic carbocycles. The molecule has 0 radical (unpaired) electrons. The predicted molar refractivity (Wildman–Crippen MR) is 60.7 cm³/mol. The van der Waals surface area contributed by atoms with Gasteiger partial charge in [0.25, 0.3) is 0 Å². The lowest BCUT2D eigenvalue weighted by atomic mass is 9.96. The minimum absolute atomic E-state index is 0.0279. The highest BCUT2D eigenvalue weighted by Gasteiger charge is 2.36. The van der Waals surface area contributed by atoms with Crippen LogP contribution in [0.5, 0.6) is 0 Å². The van der Waals surface area contributed by atoms with Gasteiger partial charge < -0.3 is 4.90 Å². The number of carbonyl (C=O) groups excluding carboxylic acids is 1. The first-order chi connectivity index (χ1) is 7.24. The summed E-state index contributed by atoms with van der Waals surface area (Å²) in [5.41, 5.74) is 0. The van der Waals surface area contributed by atoms with Gasteiger partial charge in [-0.1, -0.05) is 12.2 Å². The zero-order chi connectivity index (χ0) is 10.8. The maximum absolute atomic E-state index is 12.1. The first kappa shape index (κ1) is 10.7. The quantitative estimate of drug-likeness (QED) is 0.662. The summed E-state index contributed by atoms with van der Waals surface area (Å²) in [6.45, 7) is 0.790. The van der Waals surface area contributed by atoms with E-state index in [1.165, 1.54) is 0 Å². The van der Waals surface area contributed by atoms with Crippen LogP contribution in [0.25, 0.3) is 0 Å². The number of fused-ring (bicyclic) bond motifs is 1. The van der Waals surface area contributed by atoms with Crippen LogP contribution in [0.3, 0.4) is 0 Å². The molecule has 2 heterocycles. The van der Waals surface area contributed by atoms with Gasteiger partial charge in [0.1, 0.15) is 6.04 Å². The Labute approximate surface area is 95.0 Å². The van der Waals surface area contributed by atoms with E-state index in [2.05, 4.69) is 4.90 Å². The molecule has 0 aromatic rings. The zero-order valence-electron chi connectivity index (χ0n) is 8.77. The molecule has 3 nitrogen and oxygen atoms in total. The van der Waals surface area contributed by atoms with Crippen molar-refractivity contribution in [2.24, 2.45) is 0 Å². The first-order valence-electron chi connectivity index (χ1n) is 5.14. The van der Waals surface area contributed by atoms with Crippen LogP contribution < -0.4 is 0 Å². The number of hydrogen-bond acceptors (Lipinski definition) is 3. The lowest BCUT2D eigenvalue weighted by molar-refractivity contribution is -0.133. The van der Waals surface area contributed by atoms with Crippen LogP contribution in [0.15, 0.2) is 24.4 Å². The highest BCUT2D eigenvalue weighted by molar-refractivity contribution is 6.18. The average Bonchev–Trinajstić information content (AvgIpc) is 2.24. The van der Waals surface area contributed by atoms with E-state index in [0.717, 1.165) is 13.1 Å². The number of ketones is 1. The smallest absolute Gasteiger partial charge is 0.176 e. The maximum Gasteiger partial charge on any atom is 0.176 e. The number of Topliss-reactive ketones (excluding diaryl/α,β-unsaturated/α-hetero) is 1. The van der Waals surface area contributed by atoms with E-state index in [0.29, 0.717) is 5.88 Å². The van der Waals surface area contributed by atoms with Gasteiger partial charge in [-0.15, -0.1) is 11.6 Å². The molecule has 0 aromatic carbocycles. The third kappa shape index (κ3) is 1.94. The van der Waals surface area contributed by atoms with E-state index < -0.39 is 0 Å². The van der Waals surface area contributed by atoms with E-state index in [1.807, 2.05) is 36.4 Å². The Bertz CT molecular complexity index is 314. The summed E-state index contributed by atoms with van der Waals surface area (Å²) in [6.07, 6.45) is 8.55. The molecule has 1 fully saturated rings. The second kappa shape index (κ2) is 4.37. The van der Waals surface area contributed by atoms with Crippen molar-refractivity contribution in [2.45, 2.75) is 18.5 Å². The molecule has 2 atom stereocenters. The molecule has 1 saturated heterocycles. The van der Waals surface area contributed by atoms with Crippen LogP contribution in [0.4, 0.5) is 0 Å². The molecule has 82 valence electrons. The second-order valence-corrected chi connectivity index (χ2v) is 4.36. The summed E-state index contributed by atoms with van der Waals surface area (Å²) in [5.74, 6) is 0.789. The highest BCUT2D eigenvalue weighted by Crippen LogP contribution is 2.21. The number of rotatable bonds is 2. The Kier molecular flexibility index (Phi) is 3.12. The lowest BCUT2D eigenvalue weighted by Gasteiger charge is -2.43. The Morgan fingerprint density at radius 2 is 2.33 bits per heavy atom. The van der Waals surface area contributed by atoms with Gasteiger partial charge in [-0.3, -0.25) is 9.69 Å². The van der Waals surface area contributed by atoms with E-state index in [1.54, 1.807) is 0 Å². The van der Waals surface area contributed by atoms with Crippen LogP contribution >= 0.6 is 11.6 Å². The van der Waals surface area contributed by atoms with Crippen molar-refractivity contribution < 1.29 is 4.79 Å². The average molecular weight is 227 g/mol. The molecule has 2 aliphatic heterocycles. The van der Waals surface area contributed by atoms with Crippen LogP contribution in [0.2, 0.25) is 0 Å². The van der Waals surface area contributed by atoms with Crippen molar-refractivity contribution in [3.8, 4) is 0 Å². The Hall–Kier alpha value is -0.800. The molecular weight excluding hydrogens is 212 g/mol. The van der Waals surface area contributed by atoms with Gasteiger partial charge in [-0.25, -0.2) is 0 Å². The highest BCUT2D eigenvalue weighted by atomic mass is 35.5. The fraction of sp³-hybridized carbons (Fsp3) is 0.545. The SMILES string of the molecule is CN1CN2C=CC=CC2C(=O)C1CCCl. The van der Waals surface area contributed by atoms with Gasteiger partial charge in [-0.2, -0.15) is 0 Å². The summed E-state index contributed by atoms with van der Waals surface area (Å²) in [4.78, 5) is 16.2. The van der Waals surface area contributed by atoms with Crippen molar-refractivity contribution >= 4 is 17.4 Å². The van der Waals surface area contributed by atoms with Gasteiger partial charge in [0.05, 0.1) is 12.7 Å². The van der Waals surface area contributed by atoms with Crippen molar-refractivity contribution in [2.75, 3.05) is 19.6 Å². The molecule has 2 rings (SSSR count). The molecule has 0 bridgehead atoms. The van der Waals surface area contributed by atoms with E-state index in [9.17, 15) is 4.79 Å². The Morgan fingerprint density at radius 3 is 3.07 bits per heavy atom. The van der Waals surface area contributed by atoms with Crippen LogP contribution in [-0.2, 0) is 4.79 Å². The van der Waals surface area contributed by atoms with Gasteiger partial charge in [-0.05, 0) is 19.5 Å². The molecule has 0 N–H and O–H groups in total. The molecule has 0 amide bonds. The predicted octanol–water partition coefficient (Wildman–Crippen LogP) is 1.21. The summed E-state index contributed by atoms with van der Waals surface area (Å²) in [6, 6.07) is -0.112. The topological polar surface area (TPSA) is 23.6 Å². The molecular formula is C11H15ClN2O. The third-order valence-corrected chi connectivity index (χ3v) is 3.18. The van der Waals surface area contributed by atoms with E-state index >= 15 is 0 Å². The minimum Gasteiger partial charge on any atom is -0.351 e. The number of nitrogens with zero attached hydrogens (tertiary/aromatic N) is 2. The molecule has 4 heteroatoms. The third-order valence-electron chi connectivity index (χ3n) is 2.96. The zero-order valence-corrected chi connectivity index (χ0v) is 9.52. The second-order valence-electron chi connectivity index (χ2n) is 3.98. The monoisotopic (exact) mass is 226 g/mol. The molecule has 0 saturated carbocycles. The minimum atomic E-state index is -0.0839. The van der Waals surface area contributed by atoms with Crippen molar-refractivity contribution in [1.29, 1.82) is 0 Å². The number of carbonyl (C=O) groups is 1. The number of likely N-dealkylation sites (N-methyl/N-ethyl adjacent to an activating group) is 1. The van der Waals surface area contributed by atoms with E-state index in [-0.39, 0.29) is 17.9 Å². The normalized spacial score (nSPS) is 30.8. The number of allylic oxidation sites excluding steroid dienone is 2. The molecule has 0 aromatic heterocycles. The standard InChI is InChI=1S/C11H15ClN2O/c1-13-8-14-7-3-2-4-10(14)11(15)9(13)5-6-12/h2-4,7,9-10H,5-6,8H2,1H3. The summed E-state index contributed by atoms with van der Waals surface area (Å²) in [7, 11) is 1.97. The fourth-order valence-corrected chi connectivity index (χ4v) is 2.37. The lowest BCUT2D eigenvalue weighted by Crippen LogP contribution is -2.58. The largest absolute Gasteiger partial charge is 0.351 e. The van der Waals surface area contributed by atoms with Crippen LogP contribution in [0.1, 0.15) is 6.42 Å². The van der Waals surface area contributed by atoms with Gasteiger partial charge >= 0.3 is 0 Å². The number of hydrogen-bond donors (Lipinski definition) is 0. The molecule has 0 spiro atoms. The molecule has 2 unspecified atom stereocenters. The molecule has 2 aliphatic rings. The Morgan fingerprint density at radius 1 is 1.53 bits per heavy atom. The molecule has 15 heavy (non-hydrogen) atoms. The maximum atomic E-state index is 12.1. The van der Waals surface area contributed by atoms with Crippen LogP contribution in [-0.4, -0.2) is 47.3 Å².